The fourth-order valence-corrected chi connectivity index (χ4v) is 4.51. The van der Waals surface area contributed by atoms with Crippen molar-refractivity contribution in [3.05, 3.63) is 70.8 Å². The Morgan fingerprint density at radius 1 is 1.12 bits per heavy atom. The molecule has 2 aliphatic rings. The van der Waals surface area contributed by atoms with Gasteiger partial charge in [-0.25, -0.2) is 0 Å². The third kappa shape index (κ3) is 2.34. The molecule has 2 atom stereocenters. The van der Waals surface area contributed by atoms with Gasteiger partial charge in [0.15, 0.2) is 0 Å². The molecular weight excluding hydrogens is 345 g/mol. The van der Waals surface area contributed by atoms with Crippen molar-refractivity contribution in [1.82, 2.24) is 5.32 Å². The summed E-state index contributed by atoms with van der Waals surface area (Å²) in [6.45, 7) is 2.20. The van der Waals surface area contributed by atoms with E-state index in [1.54, 1.807) is 0 Å². The number of ether oxygens (including phenoxy) is 1. The quantitative estimate of drug-likeness (QED) is 0.511. The highest BCUT2D eigenvalue weighted by Crippen LogP contribution is 2.54. The molecular formula is C19H19Cl2NO2. The van der Waals surface area contributed by atoms with Gasteiger partial charge in [-0.1, -0.05) is 60.1 Å². The fraction of sp³-hybridized carbons (Fsp3) is 0.316. The summed E-state index contributed by atoms with van der Waals surface area (Å²) in [7, 11) is 0. The highest BCUT2D eigenvalue weighted by atomic mass is 35.5. The average molecular weight is 364 g/mol. The van der Waals surface area contributed by atoms with Gasteiger partial charge in [0.05, 0.1) is 18.6 Å². The molecule has 1 N–H and O–H groups in total. The summed E-state index contributed by atoms with van der Waals surface area (Å²) in [5.41, 5.74) is 3.82. The number of alkyl halides is 1. The molecule has 2 aromatic rings. The molecule has 2 heterocycles. The first-order valence-electron chi connectivity index (χ1n) is 7.91. The van der Waals surface area contributed by atoms with Gasteiger partial charge in [0, 0.05) is 6.42 Å². The SMILES string of the molecule is CCOC(=O)CC12NC(Cl)(Cc3ccccc31)c1ccccc12.Cl. The first kappa shape index (κ1) is 17.3. The Balaban J connectivity index is 0.00000169. The second-order valence-electron chi connectivity index (χ2n) is 6.19. The lowest BCUT2D eigenvalue weighted by molar-refractivity contribution is -0.144. The van der Waals surface area contributed by atoms with Crippen molar-refractivity contribution in [2.45, 2.75) is 30.3 Å². The number of carbonyl (C=O) groups is 1. The monoisotopic (exact) mass is 363 g/mol. The van der Waals surface area contributed by atoms with E-state index >= 15 is 0 Å². The molecule has 4 rings (SSSR count). The van der Waals surface area contributed by atoms with Gasteiger partial charge in [-0.3, -0.25) is 10.1 Å². The standard InChI is InChI=1S/C19H18ClNO2.ClH/c1-2-23-17(22)12-18-14-8-4-3-7-13(14)11-19(20,21-18)16-10-6-5-9-15(16)18;/h3-10,21H,2,11-12H2,1H3;1H. The Bertz CT molecular complexity index is 794. The first-order valence-corrected chi connectivity index (χ1v) is 8.29. The van der Waals surface area contributed by atoms with Crippen molar-refractivity contribution in [2.24, 2.45) is 0 Å². The molecule has 24 heavy (non-hydrogen) atoms. The fourth-order valence-electron chi connectivity index (χ4n) is 4.04. The molecule has 0 fully saturated rings. The second kappa shape index (κ2) is 6.07. The zero-order chi connectivity index (χ0) is 16.1. The zero-order valence-corrected chi connectivity index (χ0v) is 14.9. The van der Waals surface area contributed by atoms with Crippen molar-refractivity contribution in [1.29, 1.82) is 0 Å². The third-order valence-electron chi connectivity index (χ3n) is 4.85. The maximum absolute atomic E-state index is 12.3. The summed E-state index contributed by atoms with van der Waals surface area (Å²) in [4.78, 5) is 11.6. The van der Waals surface area contributed by atoms with E-state index in [-0.39, 0.29) is 24.8 Å². The van der Waals surface area contributed by atoms with Gasteiger partial charge in [-0.05, 0) is 29.2 Å². The van der Waals surface area contributed by atoms with E-state index < -0.39 is 10.5 Å². The van der Waals surface area contributed by atoms with Crippen molar-refractivity contribution in [2.75, 3.05) is 6.61 Å². The summed E-state index contributed by atoms with van der Waals surface area (Å²) in [6, 6.07) is 16.3. The highest BCUT2D eigenvalue weighted by molar-refractivity contribution is 6.24. The minimum atomic E-state index is -0.669. The molecule has 3 nitrogen and oxygen atoms in total. The highest BCUT2D eigenvalue weighted by Gasteiger charge is 2.56. The largest absolute Gasteiger partial charge is 0.466 e. The van der Waals surface area contributed by atoms with Crippen LogP contribution in [0.2, 0.25) is 0 Å². The van der Waals surface area contributed by atoms with E-state index in [2.05, 4.69) is 23.5 Å². The molecule has 2 unspecified atom stereocenters. The Hall–Kier alpha value is -1.55. The van der Waals surface area contributed by atoms with Crippen LogP contribution in [0, 0.1) is 0 Å². The van der Waals surface area contributed by atoms with Gasteiger partial charge in [0.2, 0.25) is 0 Å². The van der Waals surface area contributed by atoms with Crippen LogP contribution >= 0.6 is 24.0 Å². The molecule has 0 amide bonds. The molecule has 2 aromatic carbocycles. The van der Waals surface area contributed by atoms with E-state index in [1.165, 1.54) is 5.56 Å². The minimum Gasteiger partial charge on any atom is -0.466 e. The molecule has 0 spiro atoms. The maximum atomic E-state index is 12.3. The smallest absolute Gasteiger partial charge is 0.308 e. The van der Waals surface area contributed by atoms with Crippen LogP contribution in [0.5, 0.6) is 0 Å². The van der Waals surface area contributed by atoms with Crippen LogP contribution in [-0.2, 0) is 26.5 Å². The molecule has 0 aromatic heterocycles. The lowest BCUT2D eigenvalue weighted by Crippen LogP contribution is -2.51. The molecule has 0 radical (unpaired) electrons. The zero-order valence-electron chi connectivity index (χ0n) is 13.3. The maximum Gasteiger partial charge on any atom is 0.308 e. The molecule has 126 valence electrons. The summed E-state index contributed by atoms with van der Waals surface area (Å²) in [5, 5.41) is 3.56. The summed E-state index contributed by atoms with van der Waals surface area (Å²) in [5.74, 6) is -0.215. The van der Waals surface area contributed by atoms with E-state index in [9.17, 15) is 4.79 Å². The van der Waals surface area contributed by atoms with E-state index in [0.29, 0.717) is 13.0 Å². The topological polar surface area (TPSA) is 38.3 Å². The molecule has 2 aliphatic heterocycles. The van der Waals surface area contributed by atoms with Gasteiger partial charge in [0.1, 0.15) is 5.00 Å². The number of hydrogen-bond acceptors (Lipinski definition) is 3. The minimum absolute atomic E-state index is 0. The van der Waals surface area contributed by atoms with Crippen molar-refractivity contribution >= 4 is 30.0 Å². The predicted octanol–water partition coefficient (Wildman–Crippen LogP) is 3.86. The van der Waals surface area contributed by atoms with Gasteiger partial charge in [-0.15, -0.1) is 12.4 Å². The van der Waals surface area contributed by atoms with Gasteiger partial charge in [-0.2, -0.15) is 0 Å². The number of hydrogen-bond donors (Lipinski definition) is 1. The molecule has 2 bridgehead atoms. The Kier molecular flexibility index (Phi) is 4.37. The Labute approximate surface area is 152 Å². The number of halogens is 2. The summed E-state index contributed by atoms with van der Waals surface area (Å²) >= 11 is 6.95. The van der Waals surface area contributed by atoms with Gasteiger partial charge in [0.25, 0.3) is 0 Å². The van der Waals surface area contributed by atoms with Crippen LogP contribution in [-0.4, -0.2) is 12.6 Å². The van der Waals surface area contributed by atoms with Crippen LogP contribution in [0.25, 0.3) is 0 Å². The first-order chi connectivity index (χ1) is 11.1. The van der Waals surface area contributed by atoms with Crippen molar-refractivity contribution < 1.29 is 9.53 Å². The number of carbonyl (C=O) groups excluding carboxylic acids is 1. The van der Waals surface area contributed by atoms with Crippen LogP contribution in [0.3, 0.4) is 0 Å². The normalized spacial score (nSPS) is 26.1. The number of nitrogens with one attached hydrogen (secondary N) is 1. The Morgan fingerprint density at radius 3 is 2.46 bits per heavy atom. The van der Waals surface area contributed by atoms with Crippen molar-refractivity contribution in [3.8, 4) is 0 Å². The lowest BCUT2D eigenvalue weighted by Gasteiger charge is -2.40. The summed E-state index contributed by atoms with van der Waals surface area (Å²) in [6.07, 6.45) is 0.940. The number of fused-ring (bicyclic) bond motifs is 7. The summed E-state index contributed by atoms with van der Waals surface area (Å²) < 4.78 is 5.23. The third-order valence-corrected chi connectivity index (χ3v) is 5.28. The van der Waals surface area contributed by atoms with Crippen LogP contribution < -0.4 is 5.32 Å². The molecule has 5 heteroatoms. The lowest BCUT2D eigenvalue weighted by atomic mass is 9.78. The van der Waals surface area contributed by atoms with Crippen LogP contribution in [0.4, 0.5) is 0 Å². The van der Waals surface area contributed by atoms with E-state index in [0.717, 1.165) is 16.7 Å². The second-order valence-corrected chi connectivity index (χ2v) is 6.84. The predicted molar refractivity (Wildman–Crippen MR) is 96.5 cm³/mol. The van der Waals surface area contributed by atoms with Crippen LogP contribution in [0.1, 0.15) is 35.6 Å². The van der Waals surface area contributed by atoms with E-state index in [1.807, 2.05) is 37.3 Å². The molecule has 0 aliphatic carbocycles. The van der Waals surface area contributed by atoms with Gasteiger partial charge >= 0.3 is 5.97 Å². The van der Waals surface area contributed by atoms with Crippen molar-refractivity contribution in [3.63, 3.8) is 0 Å². The van der Waals surface area contributed by atoms with Crippen LogP contribution in [0.15, 0.2) is 48.5 Å². The molecule has 0 saturated carbocycles. The number of esters is 1. The van der Waals surface area contributed by atoms with Gasteiger partial charge < -0.3 is 4.74 Å². The molecule has 0 saturated heterocycles. The average Bonchev–Trinajstić information content (AvgIpc) is 2.74. The number of benzene rings is 2. The van der Waals surface area contributed by atoms with E-state index in [4.69, 9.17) is 16.3 Å². The number of rotatable bonds is 3. The Morgan fingerprint density at radius 2 is 1.75 bits per heavy atom.